The molecule has 0 aliphatic carbocycles. The molecule has 3 aliphatic heterocycles. The summed E-state index contributed by atoms with van der Waals surface area (Å²) in [5.74, 6) is -7.73. The van der Waals surface area contributed by atoms with Crippen LogP contribution in [0.1, 0.15) is 136 Å². The number of hydroxylamine groups is 2. The molecule has 3 saturated heterocycles. The number of terminal acetylenes is 1. The van der Waals surface area contributed by atoms with Crippen molar-refractivity contribution in [3.05, 3.63) is 28.8 Å². The molecule has 0 aromatic heterocycles. The highest BCUT2D eigenvalue weighted by atomic mass is 32.2. The van der Waals surface area contributed by atoms with Crippen LogP contribution in [-0.4, -0.2) is 75.1 Å². The minimum atomic E-state index is -1.87. The lowest BCUT2D eigenvalue weighted by molar-refractivity contribution is -0.203. The number of amides is 4. The Bertz CT molecular complexity index is 1740. The fourth-order valence-corrected chi connectivity index (χ4v) is 6.06. The Morgan fingerprint density at radius 2 is 1.23 bits per heavy atom. The monoisotopic (exact) mass is 906 g/mol. The summed E-state index contributed by atoms with van der Waals surface area (Å²) in [4.78, 5) is 71.0. The highest BCUT2D eigenvalue weighted by Gasteiger charge is 2.47. The highest BCUT2D eigenvalue weighted by molar-refractivity contribution is 8.00. The van der Waals surface area contributed by atoms with Gasteiger partial charge in [-0.3, -0.25) is 19.2 Å². The molecule has 0 spiro atoms. The second-order valence-corrected chi connectivity index (χ2v) is 20.7. The number of rotatable bonds is 3. The number of carboxylic acid groups (broad SMARTS) is 1. The normalized spacial score (nSPS) is 18.6. The van der Waals surface area contributed by atoms with Gasteiger partial charge in [-0.25, -0.2) is 22.8 Å². The number of aliphatic carboxylic acids is 1. The molecule has 4 amide bonds. The van der Waals surface area contributed by atoms with Gasteiger partial charge in [0.2, 0.25) is 11.6 Å². The van der Waals surface area contributed by atoms with Crippen molar-refractivity contribution < 1.29 is 61.0 Å². The molecule has 0 radical (unpaired) electrons. The van der Waals surface area contributed by atoms with Crippen LogP contribution in [0.2, 0.25) is 0 Å². The van der Waals surface area contributed by atoms with Crippen LogP contribution in [0.4, 0.5) is 22.4 Å². The summed E-state index contributed by atoms with van der Waals surface area (Å²) in [7, 11) is 0. The Kier molecular flexibility index (Phi) is 23.0. The molecule has 3 heterocycles. The van der Waals surface area contributed by atoms with Crippen LogP contribution >= 0.6 is 11.8 Å². The lowest BCUT2D eigenvalue weighted by Gasteiger charge is -2.30. The van der Waals surface area contributed by atoms with Gasteiger partial charge in [-0.05, 0) is 80.1 Å². The Labute approximate surface area is 369 Å². The van der Waals surface area contributed by atoms with Gasteiger partial charge >= 0.3 is 23.9 Å². The number of nitrogens with one attached hydrogen (secondary N) is 2. The first-order valence-electron chi connectivity index (χ1n) is 20.1. The molecular weight excluding hydrogens is 837 g/mol. The lowest BCUT2D eigenvalue weighted by Crippen LogP contribution is -2.42. The third kappa shape index (κ3) is 19.3. The van der Waals surface area contributed by atoms with Gasteiger partial charge in [-0.2, -0.15) is 16.2 Å². The van der Waals surface area contributed by atoms with Crippen LogP contribution in [-0.2, 0) is 28.8 Å². The zero-order valence-electron chi connectivity index (χ0n) is 39.7. The van der Waals surface area contributed by atoms with E-state index in [0.29, 0.717) is 22.4 Å². The van der Waals surface area contributed by atoms with E-state index < -0.39 is 81.2 Å². The number of imide groups is 1. The van der Waals surface area contributed by atoms with Crippen LogP contribution in [0, 0.1) is 69.6 Å². The van der Waals surface area contributed by atoms with Gasteiger partial charge in [0.25, 0.3) is 11.8 Å². The number of nitrogens with zero attached hydrogens (tertiary/aromatic N) is 1. The number of esters is 1. The molecule has 1 aromatic carbocycles. The molecule has 4 rings (SSSR count). The van der Waals surface area contributed by atoms with E-state index in [0.717, 1.165) is 12.7 Å². The lowest BCUT2D eigenvalue weighted by atomic mass is 9.86. The zero-order valence-corrected chi connectivity index (χ0v) is 40.5. The number of hydrogen-bond donors (Lipinski definition) is 4. The number of carbonyl (C=O) groups is 6. The van der Waals surface area contributed by atoms with Crippen molar-refractivity contribution in [2.75, 3.05) is 5.75 Å². The number of urea groups is 1. The molecule has 354 valence electrons. The van der Waals surface area contributed by atoms with E-state index in [1.54, 1.807) is 41.5 Å². The number of fused-ring (bicyclic) bond motifs is 1. The smallest absolute Gasteiger partial charge is 0.338 e. The maximum Gasteiger partial charge on any atom is 0.338 e. The van der Waals surface area contributed by atoms with Crippen molar-refractivity contribution in [1.82, 2.24) is 15.7 Å². The molecule has 0 saturated carbocycles. The van der Waals surface area contributed by atoms with Crippen molar-refractivity contribution in [3.8, 4) is 18.1 Å². The molecule has 4 atom stereocenters. The average Bonchev–Trinajstić information content (AvgIpc) is 3.81. The van der Waals surface area contributed by atoms with Gasteiger partial charge in [0.05, 0.1) is 22.9 Å². The molecule has 3 aliphatic rings. The Hall–Kier alpha value is -4.37. The van der Waals surface area contributed by atoms with E-state index in [-0.39, 0.29) is 35.1 Å². The molecule has 0 bridgehead atoms. The number of nitrogens with two attached hydrogens (primary N) is 1. The van der Waals surface area contributed by atoms with Crippen LogP contribution in [0.3, 0.4) is 0 Å². The summed E-state index contributed by atoms with van der Waals surface area (Å²) in [5.41, 5.74) is 2.80. The second kappa shape index (κ2) is 23.9. The number of benzene rings is 1. The van der Waals surface area contributed by atoms with E-state index in [9.17, 15) is 46.3 Å². The zero-order chi connectivity index (χ0) is 49.7. The summed E-state index contributed by atoms with van der Waals surface area (Å²) in [5, 5.41) is 15.4. The van der Waals surface area contributed by atoms with Crippen molar-refractivity contribution >= 4 is 47.5 Å². The second-order valence-electron chi connectivity index (χ2n) is 19.5. The van der Waals surface area contributed by atoms with E-state index >= 15 is 0 Å². The molecule has 3 fully saturated rings. The minimum Gasteiger partial charge on any atom is -0.480 e. The largest absolute Gasteiger partial charge is 0.480 e. The van der Waals surface area contributed by atoms with Gasteiger partial charge in [0.15, 0.2) is 17.5 Å². The molecule has 4 unspecified atom stereocenters. The van der Waals surface area contributed by atoms with Crippen molar-refractivity contribution in [1.29, 1.82) is 0 Å². The minimum absolute atomic E-state index is 0.00421. The first-order chi connectivity index (χ1) is 27.8. The molecule has 18 heteroatoms. The van der Waals surface area contributed by atoms with Gasteiger partial charge in [-0.15, -0.1) is 17.4 Å². The predicted octanol–water partition coefficient (Wildman–Crippen LogP) is 8.48. The van der Waals surface area contributed by atoms with E-state index in [4.69, 9.17) is 22.1 Å². The third-order valence-corrected chi connectivity index (χ3v) is 10.3. The quantitative estimate of drug-likeness (QED) is 0.0332. The average molecular weight is 907 g/mol. The Morgan fingerprint density at radius 3 is 1.56 bits per heavy atom. The van der Waals surface area contributed by atoms with E-state index in [1.165, 1.54) is 20.8 Å². The number of halogens is 4. The summed E-state index contributed by atoms with van der Waals surface area (Å²) < 4.78 is 57.4. The number of thioether (sulfide) groups is 1. The molecule has 62 heavy (non-hydrogen) atoms. The number of carboxylic acids is 1. The van der Waals surface area contributed by atoms with Crippen LogP contribution in [0.5, 0.6) is 5.75 Å². The van der Waals surface area contributed by atoms with E-state index in [2.05, 4.69) is 42.1 Å². The summed E-state index contributed by atoms with van der Waals surface area (Å²) in [6.45, 7) is 32.4. The Balaban J connectivity index is 0. The van der Waals surface area contributed by atoms with Gasteiger partial charge < -0.3 is 31.0 Å². The summed E-state index contributed by atoms with van der Waals surface area (Å²) in [6.07, 6.45) is 5.30. The standard InChI is InChI=1S/C12H12F4O2.C9H16N2OS.C9H13NO4.C6H13NO2.C6H10.C2H6/c1-5-6(13)8(15)9(16)10(7(5)14)18-11(17)12(2,3)4;1-9(2,3)7-6-5(4-13-7)10-8(12)11-6;1-9(2,3)8(13)14-10-6(11)4-5-7(10)12;1-6(2,3)4(7)5(8)9;1-5-6(2,3)4;1-2/h1-4H3;5-7H,4H2,1-3H3,(H2,10,11,12);4-5H2,1-3H3;4H,7H2,1-3H3,(H,8,9);1H,2-4H3;1-2H3. The Morgan fingerprint density at radius 1 is 0.790 bits per heavy atom. The summed E-state index contributed by atoms with van der Waals surface area (Å²) in [6, 6.07) is -0.0822. The van der Waals surface area contributed by atoms with Crippen molar-refractivity contribution in [3.63, 3.8) is 0 Å². The molecular formula is C44H70F4N4O9S. The van der Waals surface area contributed by atoms with Crippen molar-refractivity contribution in [2.45, 2.75) is 161 Å². The maximum absolute atomic E-state index is 13.5. The molecule has 13 nitrogen and oxygen atoms in total. The van der Waals surface area contributed by atoms with Gasteiger partial charge in [-0.1, -0.05) is 55.4 Å². The fourth-order valence-electron chi connectivity index (χ4n) is 4.39. The van der Waals surface area contributed by atoms with Gasteiger partial charge in [0, 0.05) is 34.8 Å². The molecule has 1 aromatic rings. The van der Waals surface area contributed by atoms with Gasteiger partial charge in [0.1, 0.15) is 6.04 Å². The SMILES string of the molecule is C#CC(C)(C)C.CC.CC(C)(C)C(=O)ON1C(=O)CCC1=O.CC(C)(C)C(N)C(=O)O.CC(C)(C)C1SCC2NC(=O)NC21.Cc1c(F)c(F)c(F)c(OC(=O)C(C)(C)C)c1F. The maximum atomic E-state index is 13.5. The van der Waals surface area contributed by atoms with Crippen LogP contribution in [0.15, 0.2) is 0 Å². The summed E-state index contributed by atoms with van der Waals surface area (Å²) >= 11 is 1.97. The topological polar surface area (TPSA) is 194 Å². The number of hydrogen-bond acceptors (Lipinski definition) is 10. The number of ether oxygens (including phenoxy) is 1. The first kappa shape index (κ1) is 59.7. The molecule has 5 N–H and O–H groups in total. The van der Waals surface area contributed by atoms with Crippen LogP contribution in [0.25, 0.3) is 0 Å². The number of carbonyl (C=O) groups excluding carboxylic acids is 5. The van der Waals surface area contributed by atoms with E-state index in [1.807, 2.05) is 46.4 Å². The van der Waals surface area contributed by atoms with Crippen molar-refractivity contribution in [2.24, 2.45) is 32.8 Å². The van der Waals surface area contributed by atoms with Crippen LogP contribution < -0.4 is 21.1 Å². The third-order valence-electron chi connectivity index (χ3n) is 8.36. The highest BCUT2D eigenvalue weighted by Crippen LogP contribution is 2.40. The first-order valence-corrected chi connectivity index (χ1v) is 21.1. The predicted molar refractivity (Wildman–Crippen MR) is 232 cm³/mol. The fraction of sp³-hybridized carbons (Fsp3) is 0.682.